The van der Waals surface area contributed by atoms with Crippen molar-refractivity contribution < 1.29 is 19.7 Å². The van der Waals surface area contributed by atoms with E-state index < -0.39 is 11.6 Å². The first-order valence-electron chi connectivity index (χ1n) is 5.54. The van der Waals surface area contributed by atoms with Gasteiger partial charge in [-0.15, -0.1) is 0 Å². The molecule has 0 aromatic rings. The van der Waals surface area contributed by atoms with E-state index in [2.05, 4.69) is 4.74 Å². The summed E-state index contributed by atoms with van der Waals surface area (Å²) in [4.78, 5) is 13.1. The van der Waals surface area contributed by atoms with Crippen molar-refractivity contribution in [2.45, 2.75) is 31.8 Å². The van der Waals surface area contributed by atoms with Crippen molar-refractivity contribution >= 4 is 5.97 Å². The Bertz CT molecular complexity index is 206. The second-order valence-electron chi connectivity index (χ2n) is 4.29. The Morgan fingerprint density at radius 2 is 2.00 bits per heavy atom. The number of methoxy groups -OCH3 is 1. The van der Waals surface area contributed by atoms with E-state index in [0.29, 0.717) is 0 Å². The molecule has 1 atom stereocenters. The van der Waals surface area contributed by atoms with Crippen LogP contribution in [0.4, 0.5) is 0 Å². The van der Waals surface area contributed by atoms with E-state index >= 15 is 0 Å². The molecular weight excluding hydrogens is 210 g/mol. The highest BCUT2D eigenvalue weighted by atomic mass is 16.5. The first kappa shape index (κ1) is 15.3. The van der Waals surface area contributed by atoms with Crippen LogP contribution in [-0.4, -0.2) is 60.5 Å². The molecule has 0 spiro atoms. The number of aliphatic hydroxyl groups is 2. The number of carbonyl (C=O) groups is 1. The van der Waals surface area contributed by atoms with Crippen molar-refractivity contribution in [3.8, 4) is 0 Å². The number of likely N-dealkylation sites (N-methyl/N-ethyl adjacent to an activating group) is 1. The third kappa shape index (κ3) is 6.05. The van der Waals surface area contributed by atoms with Gasteiger partial charge in [-0.2, -0.15) is 0 Å². The standard InChI is InChI=1S/C11H23NO4/c1-11(15,10(14)16-3)9-12(2)7-5-4-6-8-13/h13,15H,4-9H2,1-3H3. The van der Waals surface area contributed by atoms with E-state index in [9.17, 15) is 9.90 Å². The van der Waals surface area contributed by atoms with Gasteiger partial charge >= 0.3 is 5.97 Å². The molecule has 0 bridgehead atoms. The summed E-state index contributed by atoms with van der Waals surface area (Å²) in [6.45, 7) is 2.69. The summed E-state index contributed by atoms with van der Waals surface area (Å²) in [6.07, 6.45) is 2.68. The molecule has 0 saturated heterocycles. The zero-order valence-corrected chi connectivity index (χ0v) is 10.4. The molecule has 0 aromatic heterocycles. The van der Waals surface area contributed by atoms with Crippen molar-refractivity contribution in [2.24, 2.45) is 0 Å². The molecule has 0 heterocycles. The van der Waals surface area contributed by atoms with Gasteiger partial charge in [-0.1, -0.05) is 0 Å². The highest BCUT2D eigenvalue weighted by Gasteiger charge is 2.32. The van der Waals surface area contributed by atoms with Crippen LogP contribution < -0.4 is 0 Å². The molecule has 1 unspecified atom stereocenters. The largest absolute Gasteiger partial charge is 0.467 e. The molecule has 0 aliphatic rings. The minimum atomic E-state index is -1.46. The molecule has 0 fully saturated rings. The zero-order valence-electron chi connectivity index (χ0n) is 10.4. The highest BCUT2D eigenvalue weighted by Crippen LogP contribution is 2.08. The number of nitrogens with zero attached hydrogens (tertiary/aromatic N) is 1. The lowest BCUT2D eigenvalue weighted by Crippen LogP contribution is -2.46. The summed E-state index contributed by atoms with van der Waals surface area (Å²) in [5.41, 5.74) is -1.46. The molecule has 0 aromatic carbocycles. The van der Waals surface area contributed by atoms with E-state index in [1.807, 2.05) is 11.9 Å². The Labute approximate surface area is 97.0 Å². The van der Waals surface area contributed by atoms with Gasteiger partial charge in [0.2, 0.25) is 0 Å². The van der Waals surface area contributed by atoms with Gasteiger partial charge in [0.15, 0.2) is 5.60 Å². The average Bonchev–Trinajstić information content (AvgIpc) is 2.22. The van der Waals surface area contributed by atoms with Gasteiger partial charge in [0.05, 0.1) is 7.11 Å². The second-order valence-corrected chi connectivity index (χ2v) is 4.29. The molecule has 0 aliphatic heterocycles. The maximum atomic E-state index is 11.2. The molecule has 2 N–H and O–H groups in total. The monoisotopic (exact) mass is 233 g/mol. The number of esters is 1. The molecule has 16 heavy (non-hydrogen) atoms. The second kappa shape index (κ2) is 7.60. The molecule has 0 rings (SSSR count). The SMILES string of the molecule is COC(=O)C(C)(O)CN(C)CCCCCO. The van der Waals surface area contributed by atoms with Gasteiger partial charge < -0.3 is 19.8 Å². The third-order valence-electron chi connectivity index (χ3n) is 2.40. The zero-order chi connectivity index (χ0) is 12.6. The lowest BCUT2D eigenvalue weighted by molar-refractivity contribution is -0.162. The third-order valence-corrected chi connectivity index (χ3v) is 2.40. The first-order chi connectivity index (χ1) is 7.44. The molecule has 96 valence electrons. The fourth-order valence-corrected chi connectivity index (χ4v) is 1.56. The maximum Gasteiger partial charge on any atom is 0.338 e. The smallest absolute Gasteiger partial charge is 0.338 e. The van der Waals surface area contributed by atoms with Gasteiger partial charge in [-0.05, 0) is 39.8 Å². The molecule has 0 saturated carbocycles. The quantitative estimate of drug-likeness (QED) is 0.456. The fraction of sp³-hybridized carbons (Fsp3) is 0.909. The Morgan fingerprint density at radius 3 is 2.50 bits per heavy atom. The summed E-state index contributed by atoms with van der Waals surface area (Å²) in [6, 6.07) is 0. The average molecular weight is 233 g/mol. The molecule has 0 aliphatic carbocycles. The molecule has 5 heteroatoms. The van der Waals surface area contributed by atoms with Crippen LogP contribution in [0, 0.1) is 0 Å². The minimum Gasteiger partial charge on any atom is -0.467 e. The van der Waals surface area contributed by atoms with Gasteiger partial charge in [-0.25, -0.2) is 4.79 Å². The summed E-state index contributed by atoms with van der Waals surface area (Å²) in [5, 5.41) is 18.4. The van der Waals surface area contributed by atoms with Gasteiger partial charge in [0, 0.05) is 13.2 Å². The molecule has 0 radical (unpaired) electrons. The van der Waals surface area contributed by atoms with E-state index in [4.69, 9.17) is 5.11 Å². The van der Waals surface area contributed by atoms with E-state index in [1.165, 1.54) is 14.0 Å². The Hall–Kier alpha value is -0.650. The van der Waals surface area contributed by atoms with Crippen LogP contribution in [0.3, 0.4) is 0 Å². The highest BCUT2D eigenvalue weighted by molar-refractivity contribution is 5.78. The van der Waals surface area contributed by atoms with Crippen molar-refractivity contribution in [1.82, 2.24) is 4.90 Å². The maximum absolute atomic E-state index is 11.2. The number of ether oxygens (including phenoxy) is 1. The molecular formula is C11H23NO4. The summed E-state index contributed by atoms with van der Waals surface area (Å²) in [7, 11) is 3.11. The van der Waals surface area contributed by atoms with E-state index in [1.54, 1.807) is 0 Å². The number of unbranched alkanes of at least 4 members (excludes halogenated alkanes) is 2. The molecule has 5 nitrogen and oxygen atoms in total. The number of hydrogen-bond acceptors (Lipinski definition) is 5. The lowest BCUT2D eigenvalue weighted by Gasteiger charge is -2.26. The van der Waals surface area contributed by atoms with Crippen LogP contribution in [0.2, 0.25) is 0 Å². The van der Waals surface area contributed by atoms with Crippen molar-refractivity contribution in [2.75, 3.05) is 33.9 Å². The number of aliphatic hydroxyl groups excluding tert-OH is 1. The topological polar surface area (TPSA) is 70.0 Å². The van der Waals surface area contributed by atoms with Crippen LogP contribution in [-0.2, 0) is 9.53 Å². The lowest BCUT2D eigenvalue weighted by atomic mass is 10.1. The first-order valence-corrected chi connectivity index (χ1v) is 5.54. The van der Waals surface area contributed by atoms with Crippen LogP contribution in [0.5, 0.6) is 0 Å². The van der Waals surface area contributed by atoms with Crippen LogP contribution >= 0.6 is 0 Å². The summed E-state index contributed by atoms with van der Waals surface area (Å²) in [5.74, 6) is -0.616. The normalized spacial score (nSPS) is 14.9. The van der Waals surface area contributed by atoms with Crippen LogP contribution in [0.15, 0.2) is 0 Å². The Kier molecular flexibility index (Phi) is 7.29. The van der Waals surface area contributed by atoms with Crippen molar-refractivity contribution in [1.29, 1.82) is 0 Å². The summed E-state index contributed by atoms with van der Waals surface area (Å²) >= 11 is 0. The van der Waals surface area contributed by atoms with Crippen molar-refractivity contribution in [3.63, 3.8) is 0 Å². The Balaban J connectivity index is 3.85. The predicted molar refractivity (Wildman–Crippen MR) is 61.1 cm³/mol. The number of carbonyl (C=O) groups excluding carboxylic acids is 1. The Morgan fingerprint density at radius 1 is 1.38 bits per heavy atom. The number of hydrogen-bond donors (Lipinski definition) is 2. The van der Waals surface area contributed by atoms with E-state index in [-0.39, 0.29) is 13.2 Å². The van der Waals surface area contributed by atoms with Crippen LogP contribution in [0.1, 0.15) is 26.2 Å². The van der Waals surface area contributed by atoms with Gasteiger partial charge in [0.1, 0.15) is 0 Å². The van der Waals surface area contributed by atoms with Crippen molar-refractivity contribution in [3.05, 3.63) is 0 Å². The van der Waals surface area contributed by atoms with Gasteiger partial charge in [0.25, 0.3) is 0 Å². The fourth-order valence-electron chi connectivity index (χ4n) is 1.56. The summed E-state index contributed by atoms with van der Waals surface area (Å²) < 4.78 is 4.51. The van der Waals surface area contributed by atoms with Gasteiger partial charge in [-0.3, -0.25) is 0 Å². The van der Waals surface area contributed by atoms with E-state index in [0.717, 1.165) is 25.8 Å². The predicted octanol–water partition coefficient (Wildman–Crippen LogP) is 0.00480. The van der Waals surface area contributed by atoms with Crippen LogP contribution in [0.25, 0.3) is 0 Å². The minimum absolute atomic E-state index is 0.212. The number of rotatable bonds is 8. The molecule has 0 amide bonds.